The average Bonchev–Trinajstić information content (AvgIpc) is 2.67. The van der Waals surface area contributed by atoms with Crippen LogP contribution < -0.4 is 5.32 Å². The molecule has 1 heterocycles. The van der Waals surface area contributed by atoms with Crippen molar-refractivity contribution in [1.29, 1.82) is 5.41 Å². The molecule has 122 valence electrons. The molecule has 1 aromatic carbocycles. The molecule has 23 heavy (non-hydrogen) atoms. The van der Waals surface area contributed by atoms with Crippen LogP contribution in [-0.4, -0.2) is 24.1 Å². The van der Waals surface area contributed by atoms with E-state index in [-0.39, 0.29) is 5.92 Å². The van der Waals surface area contributed by atoms with Gasteiger partial charge in [0.05, 0.1) is 0 Å². The van der Waals surface area contributed by atoms with Crippen molar-refractivity contribution in [2.75, 3.05) is 18.4 Å². The second-order valence-corrected chi connectivity index (χ2v) is 7.44. The van der Waals surface area contributed by atoms with E-state index in [0.29, 0.717) is 5.92 Å². The van der Waals surface area contributed by atoms with Crippen LogP contribution in [0.25, 0.3) is 6.08 Å². The molecule has 1 saturated heterocycles. The standard InChI is InChI=1S/C19H22BrClN2/c1-12-10-16(21)11-15-3-2-14(4-7-20)19(22)18(17(12)15)13-5-8-23-9-6-13/h2-4,10-11,13,18,22-23H,5-9H2,1H3/b14-4-,22-19?. The Kier molecular flexibility index (Phi) is 5.40. The maximum absolute atomic E-state index is 8.87. The van der Waals surface area contributed by atoms with Crippen LogP contribution in [0.1, 0.15) is 35.4 Å². The number of alkyl halides is 1. The fourth-order valence-electron chi connectivity index (χ4n) is 3.85. The van der Waals surface area contributed by atoms with E-state index >= 15 is 0 Å². The Bertz CT molecular complexity index is 672. The molecule has 1 fully saturated rings. The van der Waals surface area contributed by atoms with Crippen molar-refractivity contribution in [3.05, 3.63) is 51.6 Å². The lowest BCUT2D eigenvalue weighted by Gasteiger charge is -2.33. The van der Waals surface area contributed by atoms with E-state index < -0.39 is 0 Å². The van der Waals surface area contributed by atoms with E-state index in [9.17, 15) is 0 Å². The molecule has 1 atom stereocenters. The number of fused-ring (bicyclic) bond motifs is 1. The lowest BCUT2D eigenvalue weighted by Crippen LogP contribution is -2.34. The fourth-order valence-corrected chi connectivity index (χ4v) is 4.48. The Morgan fingerprint density at radius 3 is 2.74 bits per heavy atom. The highest BCUT2D eigenvalue weighted by Crippen LogP contribution is 2.41. The van der Waals surface area contributed by atoms with Crippen molar-refractivity contribution >= 4 is 39.3 Å². The van der Waals surface area contributed by atoms with Crippen LogP contribution in [0.3, 0.4) is 0 Å². The lowest BCUT2D eigenvalue weighted by molar-refractivity contribution is 0.356. The van der Waals surface area contributed by atoms with Gasteiger partial charge in [-0.15, -0.1) is 0 Å². The SMILES string of the molecule is Cc1cc(Cl)cc2c1C(C1CCNCC1)C(=N)/C(=C\CBr)C=C2. The second kappa shape index (κ2) is 7.33. The minimum absolute atomic E-state index is 0.157. The maximum atomic E-state index is 8.87. The van der Waals surface area contributed by atoms with Crippen molar-refractivity contribution in [2.45, 2.75) is 25.7 Å². The van der Waals surface area contributed by atoms with Gasteiger partial charge in [0.25, 0.3) is 0 Å². The van der Waals surface area contributed by atoms with Crippen molar-refractivity contribution < 1.29 is 0 Å². The summed E-state index contributed by atoms with van der Waals surface area (Å²) in [6.45, 7) is 4.21. The molecule has 3 rings (SSSR count). The van der Waals surface area contributed by atoms with Gasteiger partial charge in [-0.25, -0.2) is 0 Å². The summed E-state index contributed by atoms with van der Waals surface area (Å²) in [5.41, 5.74) is 5.43. The molecular formula is C19H22BrClN2. The average molecular weight is 394 g/mol. The zero-order chi connectivity index (χ0) is 16.4. The van der Waals surface area contributed by atoms with Gasteiger partial charge < -0.3 is 10.7 Å². The van der Waals surface area contributed by atoms with Crippen molar-refractivity contribution in [2.24, 2.45) is 5.92 Å². The van der Waals surface area contributed by atoms with Crippen LogP contribution in [0.2, 0.25) is 5.02 Å². The molecule has 1 unspecified atom stereocenters. The Morgan fingerprint density at radius 2 is 2.04 bits per heavy atom. The number of nitrogens with one attached hydrogen (secondary N) is 2. The minimum Gasteiger partial charge on any atom is -0.317 e. The molecule has 0 bridgehead atoms. The van der Waals surface area contributed by atoms with Crippen molar-refractivity contribution in [3.8, 4) is 0 Å². The number of aryl methyl sites for hydroxylation is 1. The Morgan fingerprint density at radius 1 is 1.30 bits per heavy atom. The molecule has 1 aliphatic carbocycles. The molecular weight excluding hydrogens is 372 g/mol. The number of piperidine rings is 1. The van der Waals surface area contributed by atoms with Crippen molar-refractivity contribution in [1.82, 2.24) is 5.32 Å². The summed E-state index contributed by atoms with van der Waals surface area (Å²) in [5.74, 6) is 0.672. The van der Waals surface area contributed by atoms with E-state index in [0.717, 1.165) is 47.6 Å². The highest BCUT2D eigenvalue weighted by Gasteiger charge is 2.33. The Labute approximate surface area is 151 Å². The minimum atomic E-state index is 0.157. The third-order valence-corrected chi connectivity index (χ3v) is 5.45. The monoisotopic (exact) mass is 392 g/mol. The first-order chi connectivity index (χ1) is 11.1. The van der Waals surface area contributed by atoms with Crippen LogP contribution in [0.5, 0.6) is 0 Å². The first-order valence-electron chi connectivity index (χ1n) is 8.15. The van der Waals surface area contributed by atoms with Gasteiger partial charge in [0.2, 0.25) is 0 Å². The number of allylic oxidation sites excluding steroid dienone is 3. The molecule has 2 aliphatic rings. The maximum Gasteiger partial charge on any atom is 0.0461 e. The van der Waals surface area contributed by atoms with Gasteiger partial charge in [0.1, 0.15) is 0 Å². The van der Waals surface area contributed by atoms with Gasteiger partial charge in [-0.05, 0) is 73.2 Å². The number of benzene rings is 1. The number of halogens is 2. The molecule has 4 heteroatoms. The fraction of sp³-hybridized carbons (Fsp3) is 0.421. The third-order valence-electron chi connectivity index (χ3n) is 4.91. The first-order valence-corrected chi connectivity index (χ1v) is 9.65. The van der Waals surface area contributed by atoms with Gasteiger partial charge >= 0.3 is 0 Å². The lowest BCUT2D eigenvalue weighted by atomic mass is 9.74. The summed E-state index contributed by atoms with van der Waals surface area (Å²) < 4.78 is 0. The van der Waals surface area contributed by atoms with E-state index in [1.807, 2.05) is 12.1 Å². The molecule has 0 saturated carbocycles. The van der Waals surface area contributed by atoms with E-state index in [1.165, 1.54) is 16.7 Å². The highest BCUT2D eigenvalue weighted by molar-refractivity contribution is 9.09. The first kappa shape index (κ1) is 16.9. The van der Waals surface area contributed by atoms with Crippen LogP contribution >= 0.6 is 27.5 Å². The Hall–Kier alpha value is -0.900. The smallest absolute Gasteiger partial charge is 0.0461 e. The van der Waals surface area contributed by atoms with Gasteiger partial charge in [0, 0.05) is 22.0 Å². The molecule has 1 aliphatic heterocycles. The molecule has 0 aromatic heterocycles. The van der Waals surface area contributed by atoms with E-state index in [4.69, 9.17) is 17.0 Å². The van der Waals surface area contributed by atoms with Crippen LogP contribution in [0.4, 0.5) is 0 Å². The van der Waals surface area contributed by atoms with E-state index in [1.54, 1.807) is 0 Å². The number of hydrogen-bond acceptors (Lipinski definition) is 2. The summed E-state index contributed by atoms with van der Waals surface area (Å²) in [5, 5.41) is 13.8. The molecule has 2 nitrogen and oxygen atoms in total. The highest BCUT2D eigenvalue weighted by atomic mass is 79.9. The van der Waals surface area contributed by atoms with Crippen molar-refractivity contribution in [3.63, 3.8) is 0 Å². The van der Waals surface area contributed by atoms with Gasteiger partial charge in [0.15, 0.2) is 0 Å². The molecule has 0 radical (unpaired) electrons. The van der Waals surface area contributed by atoms with Gasteiger partial charge in [-0.1, -0.05) is 45.8 Å². The molecule has 0 spiro atoms. The van der Waals surface area contributed by atoms with Crippen LogP contribution in [0, 0.1) is 18.3 Å². The largest absolute Gasteiger partial charge is 0.317 e. The zero-order valence-corrected chi connectivity index (χ0v) is 15.7. The quantitative estimate of drug-likeness (QED) is 0.674. The summed E-state index contributed by atoms with van der Waals surface area (Å²) in [4.78, 5) is 0. The predicted molar refractivity (Wildman–Crippen MR) is 103 cm³/mol. The summed E-state index contributed by atoms with van der Waals surface area (Å²) in [6, 6.07) is 4.08. The van der Waals surface area contributed by atoms with Crippen LogP contribution in [0.15, 0.2) is 29.9 Å². The normalized spacial score (nSPS) is 23.9. The third kappa shape index (κ3) is 3.47. The summed E-state index contributed by atoms with van der Waals surface area (Å²) in [7, 11) is 0. The topological polar surface area (TPSA) is 35.9 Å². The van der Waals surface area contributed by atoms with Crippen LogP contribution in [-0.2, 0) is 0 Å². The number of rotatable bonds is 2. The predicted octanol–water partition coefficient (Wildman–Crippen LogP) is 5.10. The number of hydrogen-bond donors (Lipinski definition) is 2. The Balaban J connectivity index is 2.14. The second-order valence-electron chi connectivity index (χ2n) is 6.35. The van der Waals surface area contributed by atoms with Gasteiger partial charge in [-0.2, -0.15) is 0 Å². The van der Waals surface area contributed by atoms with E-state index in [2.05, 4.69) is 46.4 Å². The zero-order valence-electron chi connectivity index (χ0n) is 13.3. The summed E-state index contributed by atoms with van der Waals surface area (Å²) in [6.07, 6.45) is 8.53. The molecule has 2 N–H and O–H groups in total. The molecule has 0 amide bonds. The molecule has 1 aromatic rings. The summed E-state index contributed by atoms with van der Waals surface area (Å²) >= 11 is 9.76. The van der Waals surface area contributed by atoms with Gasteiger partial charge in [-0.3, -0.25) is 0 Å².